The van der Waals surface area contributed by atoms with Crippen molar-refractivity contribution in [1.29, 1.82) is 0 Å². The van der Waals surface area contributed by atoms with Crippen LogP contribution in [0.1, 0.15) is 48.2 Å². The van der Waals surface area contributed by atoms with Gasteiger partial charge in [0.25, 0.3) is 5.91 Å². The van der Waals surface area contributed by atoms with E-state index in [1.54, 1.807) is 18.2 Å². The number of aromatic nitrogens is 2. The maximum absolute atomic E-state index is 12.1. The van der Waals surface area contributed by atoms with Gasteiger partial charge in [-0.3, -0.25) is 9.59 Å². The predicted octanol–water partition coefficient (Wildman–Crippen LogP) is 2.62. The number of carbonyl (C=O) groups excluding carboxylic acids is 2. The number of anilines is 3. The van der Waals surface area contributed by atoms with E-state index in [0.717, 1.165) is 43.1 Å². The highest BCUT2D eigenvalue weighted by Crippen LogP contribution is 2.52. The Labute approximate surface area is 197 Å². The number of nitrogens with two attached hydrogens (primary N) is 2. The van der Waals surface area contributed by atoms with Crippen LogP contribution < -0.4 is 26.9 Å². The number of hydrazine groups is 1. The van der Waals surface area contributed by atoms with Crippen molar-refractivity contribution in [3.8, 4) is 5.75 Å². The van der Waals surface area contributed by atoms with Gasteiger partial charge in [0.05, 0.1) is 18.5 Å². The summed E-state index contributed by atoms with van der Waals surface area (Å²) in [5, 5.41) is 15.5. The highest BCUT2D eigenvalue weighted by molar-refractivity contribution is 5.99. The zero-order valence-electron chi connectivity index (χ0n) is 19.0. The van der Waals surface area contributed by atoms with Gasteiger partial charge in [-0.15, -0.1) is 10.2 Å². The molecule has 10 nitrogen and oxygen atoms in total. The van der Waals surface area contributed by atoms with Crippen LogP contribution in [0.5, 0.6) is 5.75 Å². The van der Waals surface area contributed by atoms with Crippen molar-refractivity contribution < 1.29 is 14.3 Å². The highest BCUT2D eigenvalue weighted by Gasteiger charge is 2.46. The summed E-state index contributed by atoms with van der Waals surface area (Å²) in [5.41, 5.74) is 7.20. The van der Waals surface area contributed by atoms with Gasteiger partial charge in [0.1, 0.15) is 5.75 Å². The number of hydrogen-bond acceptors (Lipinski definition) is 8. The standard InChI is InChI=1S/C24H29N7O3/c1-34-22-13(7-8-31(26)17-10-15-9-16(15)11-17)3-2-4-18(22)27-19-12-20(28-24(33)14-5-6-14)29-30-21(19)23(25)32/h2-4,7-8,12,14-17H,5-6,9-11,26H2,1H3,(H2,25,32)(H2,27,28,29,33)/b8-7+/t15-,16+,17+. The monoisotopic (exact) mass is 463 g/mol. The molecule has 3 aliphatic rings. The van der Waals surface area contributed by atoms with Crippen LogP contribution in [0.2, 0.25) is 0 Å². The summed E-state index contributed by atoms with van der Waals surface area (Å²) in [6, 6.07) is 7.51. The van der Waals surface area contributed by atoms with Crippen molar-refractivity contribution in [2.45, 2.75) is 38.1 Å². The molecule has 1 aromatic carbocycles. The fourth-order valence-corrected chi connectivity index (χ4v) is 4.68. The van der Waals surface area contributed by atoms with Crippen molar-refractivity contribution in [1.82, 2.24) is 15.2 Å². The van der Waals surface area contributed by atoms with Crippen LogP contribution in [0.15, 0.2) is 30.5 Å². The number of rotatable bonds is 9. The third kappa shape index (κ3) is 4.67. The van der Waals surface area contributed by atoms with E-state index in [9.17, 15) is 9.59 Å². The normalized spacial score (nSPS) is 22.8. The molecule has 2 amide bonds. The molecule has 6 N–H and O–H groups in total. The Hall–Kier alpha value is -3.66. The number of methoxy groups -OCH3 is 1. The molecule has 3 atom stereocenters. The highest BCUT2D eigenvalue weighted by atomic mass is 16.5. The molecule has 34 heavy (non-hydrogen) atoms. The first-order valence-corrected chi connectivity index (χ1v) is 11.6. The van der Waals surface area contributed by atoms with Gasteiger partial charge in [-0.25, -0.2) is 5.84 Å². The number of carbonyl (C=O) groups is 2. The second-order valence-corrected chi connectivity index (χ2v) is 9.32. The van der Waals surface area contributed by atoms with Gasteiger partial charge < -0.3 is 26.1 Å². The van der Waals surface area contributed by atoms with Crippen LogP contribution in [0.3, 0.4) is 0 Å². The maximum Gasteiger partial charge on any atom is 0.271 e. The fourth-order valence-electron chi connectivity index (χ4n) is 4.68. The third-order valence-corrected chi connectivity index (χ3v) is 6.81. The summed E-state index contributed by atoms with van der Waals surface area (Å²) in [4.78, 5) is 24.1. The van der Waals surface area contributed by atoms with Crippen LogP contribution in [-0.4, -0.2) is 40.2 Å². The first-order valence-electron chi connectivity index (χ1n) is 11.6. The second kappa shape index (κ2) is 8.94. The third-order valence-electron chi connectivity index (χ3n) is 6.81. The summed E-state index contributed by atoms with van der Waals surface area (Å²) >= 11 is 0. The SMILES string of the molecule is COc1c(/C=C/N(N)[C@H]2C[C@H]3C[C@H]3C2)cccc1Nc1cc(NC(=O)C2CC2)nnc1C(N)=O. The van der Waals surface area contributed by atoms with E-state index in [2.05, 4.69) is 20.8 Å². The molecule has 3 fully saturated rings. The van der Waals surface area contributed by atoms with Gasteiger partial charge >= 0.3 is 0 Å². The van der Waals surface area contributed by atoms with Crippen molar-refractivity contribution in [2.24, 2.45) is 29.3 Å². The Morgan fingerprint density at radius 2 is 1.91 bits per heavy atom. The van der Waals surface area contributed by atoms with Crippen LogP contribution in [0, 0.1) is 17.8 Å². The average Bonchev–Trinajstić information content (AvgIpc) is 3.75. The Kier molecular flexibility index (Phi) is 5.82. The van der Waals surface area contributed by atoms with Crippen LogP contribution in [0.25, 0.3) is 6.08 Å². The van der Waals surface area contributed by atoms with Crippen molar-refractivity contribution >= 4 is 35.1 Å². The molecule has 3 aliphatic carbocycles. The number of benzene rings is 1. The number of para-hydroxylation sites is 1. The van der Waals surface area contributed by atoms with Crippen LogP contribution in [-0.2, 0) is 4.79 Å². The number of nitrogens with zero attached hydrogens (tertiary/aromatic N) is 3. The first kappa shape index (κ1) is 22.1. The summed E-state index contributed by atoms with van der Waals surface area (Å²) in [7, 11) is 1.57. The minimum absolute atomic E-state index is 0.00900. The second-order valence-electron chi connectivity index (χ2n) is 9.32. The Morgan fingerprint density at radius 1 is 1.15 bits per heavy atom. The van der Waals surface area contributed by atoms with E-state index in [1.165, 1.54) is 6.42 Å². The molecule has 0 radical (unpaired) electrons. The summed E-state index contributed by atoms with van der Waals surface area (Å²) in [6.07, 6.45) is 9.16. The van der Waals surface area contributed by atoms with E-state index in [0.29, 0.717) is 23.2 Å². The van der Waals surface area contributed by atoms with Gasteiger partial charge in [-0.2, -0.15) is 0 Å². The fraction of sp³-hybridized carbons (Fsp3) is 0.417. The Bertz CT molecular complexity index is 1140. The molecule has 5 rings (SSSR count). The number of ether oxygens (including phenoxy) is 1. The summed E-state index contributed by atoms with van der Waals surface area (Å²) in [5.74, 6) is 7.95. The number of fused-ring (bicyclic) bond motifs is 1. The van der Waals surface area contributed by atoms with Gasteiger partial charge in [-0.1, -0.05) is 12.1 Å². The summed E-state index contributed by atoms with van der Waals surface area (Å²) < 4.78 is 5.67. The smallest absolute Gasteiger partial charge is 0.271 e. The van der Waals surface area contributed by atoms with Crippen molar-refractivity contribution in [3.05, 3.63) is 41.7 Å². The van der Waals surface area contributed by atoms with Crippen molar-refractivity contribution in [2.75, 3.05) is 17.7 Å². The minimum atomic E-state index is -0.738. The molecule has 0 unspecified atom stereocenters. The number of primary amides is 1. The van der Waals surface area contributed by atoms with Gasteiger partial charge in [-0.05, 0) is 56.1 Å². The molecule has 0 bridgehead atoms. The average molecular weight is 464 g/mol. The summed E-state index contributed by atoms with van der Waals surface area (Å²) in [6.45, 7) is 0. The van der Waals surface area contributed by atoms with E-state index < -0.39 is 5.91 Å². The van der Waals surface area contributed by atoms with Gasteiger partial charge in [0.2, 0.25) is 5.91 Å². The van der Waals surface area contributed by atoms with Crippen LogP contribution >= 0.6 is 0 Å². The lowest BCUT2D eigenvalue weighted by Crippen LogP contribution is -2.35. The quantitative estimate of drug-likeness (QED) is 0.328. The Balaban J connectivity index is 1.37. The molecule has 1 aromatic heterocycles. The first-order chi connectivity index (χ1) is 16.4. The number of hydrogen-bond donors (Lipinski definition) is 4. The zero-order chi connectivity index (χ0) is 23.8. The van der Waals surface area contributed by atoms with Gasteiger partial charge in [0.15, 0.2) is 11.5 Å². The molecule has 0 saturated heterocycles. The van der Waals surface area contributed by atoms with E-state index >= 15 is 0 Å². The van der Waals surface area contributed by atoms with Crippen molar-refractivity contribution in [3.63, 3.8) is 0 Å². The maximum atomic E-state index is 12.1. The van der Waals surface area contributed by atoms with Crippen LogP contribution in [0.4, 0.5) is 17.2 Å². The molecule has 0 spiro atoms. The molecule has 10 heteroatoms. The Morgan fingerprint density at radius 3 is 2.59 bits per heavy atom. The lowest BCUT2D eigenvalue weighted by atomic mass is 10.1. The largest absolute Gasteiger partial charge is 0.494 e. The molecule has 0 aliphatic heterocycles. The number of amides is 2. The lowest BCUT2D eigenvalue weighted by molar-refractivity contribution is -0.117. The zero-order valence-corrected chi connectivity index (χ0v) is 19.0. The van der Waals surface area contributed by atoms with E-state index in [-0.39, 0.29) is 23.3 Å². The lowest BCUT2D eigenvalue weighted by Gasteiger charge is -2.23. The molecule has 178 valence electrons. The molecular weight excluding hydrogens is 434 g/mol. The molecule has 2 aromatic rings. The van der Waals surface area contributed by atoms with E-state index in [4.69, 9.17) is 16.3 Å². The molecular formula is C24H29N7O3. The molecule has 3 saturated carbocycles. The van der Waals surface area contributed by atoms with E-state index in [1.807, 2.05) is 30.5 Å². The van der Waals surface area contributed by atoms with Gasteiger partial charge in [0, 0.05) is 29.8 Å². The molecule has 1 heterocycles. The number of nitrogens with one attached hydrogen (secondary N) is 2. The predicted molar refractivity (Wildman–Crippen MR) is 128 cm³/mol. The minimum Gasteiger partial charge on any atom is -0.494 e. The topological polar surface area (TPSA) is 148 Å².